The maximum Gasteiger partial charge on any atom is 0.233 e. The molecule has 0 radical (unpaired) electrons. The summed E-state index contributed by atoms with van der Waals surface area (Å²) in [5.41, 5.74) is 0.542. The fourth-order valence-electron chi connectivity index (χ4n) is 0.738. The van der Waals surface area contributed by atoms with Crippen molar-refractivity contribution in [1.82, 2.24) is 19.6 Å². The van der Waals surface area contributed by atoms with Crippen molar-refractivity contribution in [3.63, 3.8) is 0 Å². The molecule has 0 atom stereocenters. The third-order valence-electron chi connectivity index (χ3n) is 1.17. The van der Waals surface area contributed by atoms with Gasteiger partial charge in [0.25, 0.3) is 0 Å². The Hall–Kier alpha value is -1.65. The minimum Gasteiger partial charge on any atom is -0.492 e. The largest absolute Gasteiger partial charge is 0.492 e. The highest BCUT2D eigenvalue weighted by Gasteiger charge is 1.98. The molecule has 0 amide bonds. The smallest absolute Gasteiger partial charge is 0.233 e. The Morgan fingerprint density at radius 3 is 3.10 bits per heavy atom. The number of aromatic hydroxyl groups is 1. The highest BCUT2D eigenvalue weighted by Crippen LogP contribution is 2.06. The Morgan fingerprint density at radius 1 is 1.40 bits per heavy atom. The average molecular weight is 136 g/mol. The molecule has 5 heteroatoms. The van der Waals surface area contributed by atoms with Crippen molar-refractivity contribution >= 4 is 5.65 Å². The van der Waals surface area contributed by atoms with E-state index in [2.05, 4.69) is 15.1 Å². The predicted molar refractivity (Wildman–Crippen MR) is 32.4 cm³/mol. The van der Waals surface area contributed by atoms with Crippen molar-refractivity contribution < 1.29 is 5.11 Å². The first-order valence-electron chi connectivity index (χ1n) is 2.70. The normalized spacial score (nSPS) is 10.4. The lowest BCUT2D eigenvalue weighted by atomic mass is 10.8. The van der Waals surface area contributed by atoms with E-state index >= 15 is 0 Å². The minimum absolute atomic E-state index is 0.0254. The summed E-state index contributed by atoms with van der Waals surface area (Å²) in [7, 11) is 0. The van der Waals surface area contributed by atoms with Crippen molar-refractivity contribution in [2.75, 3.05) is 0 Å². The number of hydrogen-bond donors (Lipinski definition) is 1. The summed E-state index contributed by atoms with van der Waals surface area (Å²) in [6.07, 6.45) is 4.19. The second-order valence-electron chi connectivity index (χ2n) is 1.80. The summed E-state index contributed by atoms with van der Waals surface area (Å²) in [4.78, 5) is 7.53. The van der Waals surface area contributed by atoms with E-state index < -0.39 is 0 Å². The average Bonchev–Trinajstić information content (AvgIpc) is 2.34. The molecule has 10 heavy (non-hydrogen) atoms. The van der Waals surface area contributed by atoms with Crippen LogP contribution in [0.15, 0.2) is 18.7 Å². The van der Waals surface area contributed by atoms with Crippen LogP contribution in [0.1, 0.15) is 0 Å². The SMILES string of the molecule is Oc1cnc2cncnn12. The van der Waals surface area contributed by atoms with Gasteiger partial charge < -0.3 is 5.11 Å². The monoisotopic (exact) mass is 136 g/mol. The first kappa shape index (κ1) is 5.16. The Morgan fingerprint density at radius 2 is 2.30 bits per heavy atom. The highest BCUT2D eigenvalue weighted by atomic mass is 16.3. The standard InChI is InChI=1S/C5H4N4O/c10-5-2-7-4-1-6-3-8-9(4)5/h1-3,10H. The zero-order chi connectivity index (χ0) is 6.97. The number of aromatic nitrogens is 4. The Labute approximate surface area is 56.0 Å². The summed E-state index contributed by atoms with van der Waals surface area (Å²) in [5.74, 6) is 0.0254. The van der Waals surface area contributed by atoms with Crippen LogP contribution in [0.2, 0.25) is 0 Å². The highest BCUT2D eigenvalue weighted by molar-refractivity contribution is 5.36. The van der Waals surface area contributed by atoms with Crippen LogP contribution in [-0.2, 0) is 0 Å². The van der Waals surface area contributed by atoms with Gasteiger partial charge in [0.1, 0.15) is 6.33 Å². The van der Waals surface area contributed by atoms with Crippen LogP contribution >= 0.6 is 0 Å². The lowest BCUT2D eigenvalue weighted by Crippen LogP contribution is -1.90. The zero-order valence-corrected chi connectivity index (χ0v) is 4.97. The molecule has 0 spiro atoms. The molecule has 0 bridgehead atoms. The van der Waals surface area contributed by atoms with Gasteiger partial charge >= 0.3 is 0 Å². The van der Waals surface area contributed by atoms with Crippen molar-refractivity contribution in [2.45, 2.75) is 0 Å². The van der Waals surface area contributed by atoms with Gasteiger partial charge in [-0.05, 0) is 0 Å². The number of fused-ring (bicyclic) bond motifs is 1. The molecule has 2 rings (SSSR count). The van der Waals surface area contributed by atoms with Crippen LogP contribution in [0.4, 0.5) is 0 Å². The lowest BCUT2D eigenvalue weighted by molar-refractivity contribution is 0.438. The van der Waals surface area contributed by atoms with E-state index in [1.54, 1.807) is 0 Å². The van der Waals surface area contributed by atoms with E-state index in [4.69, 9.17) is 5.11 Å². The van der Waals surface area contributed by atoms with Gasteiger partial charge in [-0.2, -0.15) is 9.61 Å². The van der Waals surface area contributed by atoms with Crippen LogP contribution in [0.25, 0.3) is 5.65 Å². The minimum atomic E-state index is 0.0254. The maximum atomic E-state index is 9.02. The van der Waals surface area contributed by atoms with Crippen molar-refractivity contribution in [3.8, 4) is 5.88 Å². The molecule has 0 fully saturated rings. The molecule has 0 aliphatic rings. The van der Waals surface area contributed by atoms with Crippen LogP contribution in [-0.4, -0.2) is 24.7 Å². The lowest BCUT2D eigenvalue weighted by Gasteiger charge is -1.88. The molecular formula is C5H4N4O. The number of hydrogen-bond acceptors (Lipinski definition) is 4. The fraction of sp³-hybridized carbons (Fsp3) is 0. The first-order chi connectivity index (χ1) is 4.88. The molecule has 2 heterocycles. The van der Waals surface area contributed by atoms with Gasteiger partial charge in [0.05, 0.1) is 12.4 Å². The van der Waals surface area contributed by atoms with Crippen molar-refractivity contribution in [2.24, 2.45) is 0 Å². The van der Waals surface area contributed by atoms with E-state index in [1.165, 1.54) is 23.2 Å². The van der Waals surface area contributed by atoms with Crippen LogP contribution in [0.3, 0.4) is 0 Å². The number of imidazole rings is 1. The third-order valence-corrected chi connectivity index (χ3v) is 1.17. The van der Waals surface area contributed by atoms with Crippen LogP contribution in [0.5, 0.6) is 5.88 Å². The van der Waals surface area contributed by atoms with Gasteiger partial charge in [0, 0.05) is 0 Å². The molecule has 0 saturated carbocycles. The summed E-state index contributed by atoms with van der Waals surface area (Å²) < 4.78 is 1.30. The molecular weight excluding hydrogens is 132 g/mol. The molecule has 2 aromatic rings. The van der Waals surface area contributed by atoms with E-state index in [0.29, 0.717) is 5.65 Å². The van der Waals surface area contributed by atoms with Gasteiger partial charge in [0.2, 0.25) is 5.88 Å². The van der Waals surface area contributed by atoms with Crippen LogP contribution in [0, 0.1) is 0 Å². The van der Waals surface area contributed by atoms with Crippen LogP contribution < -0.4 is 0 Å². The molecule has 0 aliphatic carbocycles. The fourth-order valence-corrected chi connectivity index (χ4v) is 0.738. The van der Waals surface area contributed by atoms with E-state index in [0.717, 1.165) is 0 Å². The van der Waals surface area contributed by atoms with Gasteiger partial charge in [-0.25, -0.2) is 9.97 Å². The molecule has 5 nitrogen and oxygen atoms in total. The Kier molecular flexibility index (Phi) is 0.858. The van der Waals surface area contributed by atoms with Gasteiger partial charge in [-0.15, -0.1) is 0 Å². The topological polar surface area (TPSA) is 63.3 Å². The predicted octanol–water partition coefficient (Wildman–Crippen LogP) is -0.170. The third kappa shape index (κ3) is 0.540. The summed E-state index contributed by atoms with van der Waals surface area (Å²) in [6.45, 7) is 0. The number of rotatable bonds is 0. The molecule has 0 saturated heterocycles. The summed E-state index contributed by atoms with van der Waals surface area (Å²) in [5, 5.41) is 12.8. The van der Waals surface area contributed by atoms with Gasteiger partial charge in [-0.1, -0.05) is 0 Å². The summed E-state index contributed by atoms with van der Waals surface area (Å²) >= 11 is 0. The van der Waals surface area contributed by atoms with E-state index in [1.807, 2.05) is 0 Å². The molecule has 50 valence electrons. The zero-order valence-electron chi connectivity index (χ0n) is 4.97. The van der Waals surface area contributed by atoms with Gasteiger partial charge in [-0.3, -0.25) is 0 Å². The first-order valence-corrected chi connectivity index (χ1v) is 2.70. The maximum absolute atomic E-state index is 9.02. The van der Waals surface area contributed by atoms with E-state index in [9.17, 15) is 0 Å². The molecule has 2 aromatic heterocycles. The molecule has 0 unspecified atom stereocenters. The summed E-state index contributed by atoms with van der Waals surface area (Å²) in [6, 6.07) is 0. The molecule has 0 aromatic carbocycles. The second-order valence-corrected chi connectivity index (χ2v) is 1.80. The molecule has 0 aliphatic heterocycles. The van der Waals surface area contributed by atoms with Gasteiger partial charge in [0.15, 0.2) is 5.65 Å². The van der Waals surface area contributed by atoms with Crippen molar-refractivity contribution in [1.29, 1.82) is 0 Å². The second kappa shape index (κ2) is 1.66. The Bertz CT molecular complexity index is 355. The molecule has 1 N–H and O–H groups in total. The quantitative estimate of drug-likeness (QED) is 0.546. The van der Waals surface area contributed by atoms with E-state index in [-0.39, 0.29) is 5.88 Å². The van der Waals surface area contributed by atoms with Crippen molar-refractivity contribution in [3.05, 3.63) is 18.7 Å². The number of nitrogens with zero attached hydrogens (tertiary/aromatic N) is 4. The Balaban J connectivity index is 2.93.